The Hall–Kier alpha value is -2.34. The highest BCUT2D eigenvalue weighted by molar-refractivity contribution is 6.16. The summed E-state index contributed by atoms with van der Waals surface area (Å²) in [7, 11) is 0. The van der Waals surface area contributed by atoms with Crippen molar-refractivity contribution in [1.82, 2.24) is 0 Å². The molecule has 2 aliphatic rings. The minimum Gasteiger partial charge on any atom is -0.0801 e. The van der Waals surface area contributed by atoms with Crippen LogP contribution in [0.25, 0.3) is 33.7 Å². The van der Waals surface area contributed by atoms with Gasteiger partial charge in [0.15, 0.2) is 0 Å². The molecule has 2 aliphatic carbocycles. The quantitative estimate of drug-likeness (QED) is 0.414. The van der Waals surface area contributed by atoms with E-state index in [1.807, 2.05) is 0 Å². The van der Waals surface area contributed by atoms with E-state index in [4.69, 9.17) is 0 Å². The van der Waals surface area contributed by atoms with Crippen molar-refractivity contribution in [3.05, 3.63) is 70.1 Å². The van der Waals surface area contributed by atoms with Gasteiger partial charge in [-0.05, 0) is 55.6 Å². The second-order valence-corrected chi connectivity index (χ2v) is 5.38. The second-order valence-electron chi connectivity index (χ2n) is 5.38. The van der Waals surface area contributed by atoms with Gasteiger partial charge in [0.25, 0.3) is 0 Å². The lowest BCUT2D eigenvalue weighted by molar-refractivity contribution is 1.27. The van der Waals surface area contributed by atoms with Crippen LogP contribution in [0, 0.1) is 0 Å². The molecule has 0 N–H and O–H groups in total. The Labute approximate surface area is 111 Å². The number of hydrogen-bond donors (Lipinski definition) is 0. The molecule has 0 spiro atoms. The van der Waals surface area contributed by atoms with Crippen LogP contribution in [0.2, 0.25) is 0 Å². The van der Waals surface area contributed by atoms with Crippen molar-refractivity contribution >= 4 is 33.7 Å². The molecule has 0 fully saturated rings. The van der Waals surface area contributed by atoms with Crippen LogP contribution in [0.15, 0.2) is 48.6 Å². The van der Waals surface area contributed by atoms with E-state index in [9.17, 15) is 0 Å². The number of fused-ring (bicyclic) bond motifs is 3. The molecule has 0 saturated heterocycles. The molecule has 0 amide bonds. The van der Waals surface area contributed by atoms with Gasteiger partial charge in [-0.3, -0.25) is 0 Å². The van der Waals surface area contributed by atoms with Crippen molar-refractivity contribution in [3.8, 4) is 0 Å². The van der Waals surface area contributed by atoms with Crippen molar-refractivity contribution in [1.29, 1.82) is 0 Å². The first-order chi connectivity index (χ1) is 9.43. The summed E-state index contributed by atoms with van der Waals surface area (Å²) >= 11 is 0. The Bertz CT molecular complexity index is 1020. The van der Waals surface area contributed by atoms with Crippen LogP contribution in [0.3, 0.4) is 0 Å². The topological polar surface area (TPSA) is 0 Å². The number of rotatable bonds is 0. The molecule has 19 heavy (non-hydrogen) atoms. The molecular formula is C19H12. The van der Waals surface area contributed by atoms with E-state index in [0.29, 0.717) is 0 Å². The highest BCUT2D eigenvalue weighted by Crippen LogP contribution is 2.31. The van der Waals surface area contributed by atoms with E-state index in [1.54, 1.807) is 0 Å². The summed E-state index contributed by atoms with van der Waals surface area (Å²) in [6.07, 6.45) is 10.1. The Morgan fingerprint density at radius 1 is 0.842 bits per heavy atom. The molecule has 0 unspecified atom stereocenters. The molecule has 0 heteroatoms. The average molecular weight is 240 g/mol. The highest BCUT2D eigenvalue weighted by atomic mass is 14.2. The van der Waals surface area contributed by atoms with Crippen LogP contribution in [0.4, 0.5) is 0 Å². The monoisotopic (exact) mass is 240 g/mol. The van der Waals surface area contributed by atoms with Crippen LogP contribution in [-0.2, 0) is 6.42 Å². The van der Waals surface area contributed by atoms with Crippen molar-refractivity contribution in [2.45, 2.75) is 6.42 Å². The zero-order valence-electron chi connectivity index (χ0n) is 10.5. The molecule has 3 aromatic rings. The van der Waals surface area contributed by atoms with Gasteiger partial charge in [0.2, 0.25) is 0 Å². The Morgan fingerprint density at radius 3 is 2.74 bits per heavy atom. The summed E-state index contributed by atoms with van der Waals surface area (Å²) in [6, 6.07) is 13.4. The Morgan fingerprint density at radius 2 is 1.74 bits per heavy atom. The molecule has 0 bridgehead atoms. The van der Waals surface area contributed by atoms with E-state index in [2.05, 4.69) is 60.7 Å². The standard InChI is InChI=1S/C19H12/c1-2-8-15-14(7-1)16-9-3-5-12-11-13-6-4-10-17(15)19(13)18(12)16/h1-7,9-11H,8H2. The molecular weight excluding hydrogens is 228 g/mol. The molecule has 0 radical (unpaired) electrons. The Kier molecular flexibility index (Phi) is 1.59. The van der Waals surface area contributed by atoms with Crippen LogP contribution in [0.5, 0.6) is 0 Å². The predicted molar refractivity (Wildman–Crippen MR) is 81.6 cm³/mol. The first kappa shape index (κ1) is 9.57. The summed E-state index contributed by atoms with van der Waals surface area (Å²) in [4.78, 5) is 0. The summed E-state index contributed by atoms with van der Waals surface area (Å²) in [5, 5.41) is 8.52. The van der Waals surface area contributed by atoms with Crippen molar-refractivity contribution in [2.75, 3.05) is 0 Å². The van der Waals surface area contributed by atoms with E-state index in [1.165, 1.54) is 43.1 Å². The molecule has 0 heterocycles. The SMILES string of the molecule is C1=CCc2c(c3cccc4c3c3c(cccc23)C=4)=C1. The third kappa shape index (κ3) is 1.05. The van der Waals surface area contributed by atoms with Gasteiger partial charge in [-0.15, -0.1) is 0 Å². The zero-order valence-corrected chi connectivity index (χ0v) is 10.5. The second kappa shape index (κ2) is 3.16. The lowest BCUT2D eigenvalue weighted by atomic mass is 9.91. The van der Waals surface area contributed by atoms with E-state index in [0.717, 1.165) is 6.42 Å². The molecule has 0 nitrogen and oxygen atoms in total. The van der Waals surface area contributed by atoms with Gasteiger partial charge in [-0.2, -0.15) is 0 Å². The molecule has 88 valence electrons. The van der Waals surface area contributed by atoms with Gasteiger partial charge in [-0.25, -0.2) is 0 Å². The first-order valence-electron chi connectivity index (χ1n) is 6.78. The zero-order chi connectivity index (χ0) is 12.4. The molecule has 3 aromatic carbocycles. The van der Waals surface area contributed by atoms with E-state index in [-0.39, 0.29) is 0 Å². The maximum Gasteiger partial charge on any atom is -0.00204 e. The van der Waals surface area contributed by atoms with Gasteiger partial charge < -0.3 is 0 Å². The summed E-state index contributed by atoms with van der Waals surface area (Å²) in [5.74, 6) is 0. The average Bonchev–Trinajstić information content (AvgIpc) is 2.86. The largest absolute Gasteiger partial charge is 0.0801 e. The fourth-order valence-electron chi connectivity index (χ4n) is 3.65. The summed E-state index contributed by atoms with van der Waals surface area (Å²) in [5.41, 5.74) is 2.86. The Balaban J connectivity index is 2.27. The molecule has 0 saturated carbocycles. The maximum atomic E-state index is 2.32. The summed E-state index contributed by atoms with van der Waals surface area (Å²) < 4.78 is 0. The number of allylic oxidation sites excluding steroid dienone is 2. The van der Waals surface area contributed by atoms with Crippen molar-refractivity contribution < 1.29 is 0 Å². The van der Waals surface area contributed by atoms with Gasteiger partial charge in [0, 0.05) is 0 Å². The minimum absolute atomic E-state index is 1.05. The van der Waals surface area contributed by atoms with Crippen LogP contribution in [0.1, 0.15) is 11.1 Å². The van der Waals surface area contributed by atoms with Gasteiger partial charge >= 0.3 is 0 Å². The van der Waals surface area contributed by atoms with E-state index >= 15 is 0 Å². The highest BCUT2D eigenvalue weighted by Gasteiger charge is 2.16. The lowest BCUT2D eigenvalue weighted by Crippen LogP contribution is -2.15. The number of benzene rings is 3. The molecule has 0 atom stereocenters. The van der Waals surface area contributed by atoms with Crippen LogP contribution >= 0.6 is 0 Å². The van der Waals surface area contributed by atoms with Gasteiger partial charge in [0.1, 0.15) is 0 Å². The van der Waals surface area contributed by atoms with Crippen LogP contribution in [-0.4, -0.2) is 0 Å². The maximum absolute atomic E-state index is 2.32. The number of hydrogen-bond acceptors (Lipinski definition) is 0. The molecule has 0 aliphatic heterocycles. The minimum atomic E-state index is 1.05. The smallest absolute Gasteiger partial charge is 0.00204 e. The van der Waals surface area contributed by atoms with E-state index < -0.39 is 0 Å². The fraction of sp³-hybridized carbons (Fsp3) is 0.0526. The molecule has 0 aromatic heterocycles. The normalized spacial score (nSPS) is 14.7. The first-order valence-corrected chi connectivity index (χ1v) is 6.78. The predicted octanol–water partition coefficient (Wildman–Crippen LogP) is 3.03. The summed E-state index contributed by atoms with van der Waals surface area (Å²) in [6.45, 7) is 0. The van der Waals surface area contributed by atoms with Gasteiger partial charge in [0.05, 0.1) is 0 Å². The molecule has 5 rings (SSSR count). The van der Waals surface area contributed by atoms with Crippen molar-refractivity contribution in [2.24, 2.45) is 0 Å². The van der Waals surface area contributed by atoms with Gasteiger partial charge in [-0.1, -0.05) is 54.6 Å². The lowest BCUT2D eigenvalue weighted by Gasteiger charge is -2.13. The van der Waals surface area contributed by atoms with Crippen LogP contribution < -0.4 is 10.4 Å². The third-order valence-electron chi connectivity index (χ3n) is 4.42. The third-order valence-corrected chi connectivity index (χ3v) is 4.42. The van der Waals surface area contributed by atoms with Crippen molar-refractivity contribution in [3.63, 3.8) is 0 Å². The fourth-order valence-corrected chi connectivity index (χ4v) is 3.65.